The number of nitrogens with one attached hydrogen (secondary N) is 1. The van der Waals surface area contributed by atoms with Gasteiger partial charge in [-0.15, -0.1) is 0 Å². The fourth-order valence-electron chi connectivity index (χ4n) is 2.55. The van der Waals surface area contributed by atoms with E-state index in [1.165, 1.54) is 18.7 Å². The average molecular weight is 334 g/mol. The minimum absolute atomic E-state index is 0.0112. The van der Waals surface area contributed by atoms with Crippen molar-refractivity contribution >= 4 is 40.1 Å². The molecule has 1 saturated heterocycles. The highest BCUT2D eigenvalue weighted by Crippen LogP contribution is 2.29. The van der Waals surface area contributed by atoms with E-state index >= 15 is 0 Å². The topological polar surface area (TPSA) is 66.5 Å². The molecule has 1 unspecified atom stereocenters. The van der Waals surface area contributed by atoms with Gasteiger partial charge in [-0.2, -0.15) is 0 Å². The number of hydrogen-bond donors (Lipinski definition) is 1. The second kappa shape index (κ2) is 7.64. The molecule has 2 rings (SSSR count). The zero-order chi connectivity index (χ0) is 17.0. The summed E-state index contributed by atoms with van der Waals surface area (Å²) in [6, 6.07) is 7.24. The van der Waals surface area contributed by atoms with Crippen molar-refractivity contribution < 1.29 is 14.4 Å². The number of benzene rings is 1. The van der Waals surface area contributed by atoms with Gasteiger partial charge in [0, 0.05) is 42.9 Å². The number of nitrogens with zero attached hydrogens (tertiary/aromatic N) is 1. The summed E-state index contributed by atoms with van der Waals surface area (Å²) in [7, 11) is 0. The molecule has 1 aromatic carbocycles. The van der Waals surface area contributed by atoms with E-state index in [0.717, 1.165) is 11.4 Å². The lowest BCUT2D eigenvalue weighted by Gasteiger charge is -2.17. The maximum atomic E-state index is 12.1. The van der Waals surface area contributed by atoms with Crippen LogP contribution in [0.15, 0.2) is 24.3 Å². The molecule has 0 radical (unpaired) electrons. The number of carbonyl (C=O) groups excluding carboxylic acids is 3. The van der Waals surface area contributed by atoms with Crippen LogP contribution >= 0.6 is 11.8 Å². The largest absolute Gasteiger partial charge is 0.326 e. The normalized spacial score (nSPS) is 17.7. The first kappa shape index (κ1) is 17.5. The quantitative estimate of drug-likeness (QED) is 0.899. The number of thioether (sulfide) groups is 1. The fourth-order valence-corrected chi connectivity index (χ4v) is 3.46. The standard InChI is InChI=1S/C17H22N2O3S/c1-11(2)8-16(21)18-13-4-6-14(7-5-13)19-10-15(9-17(19)22)23-12(3)20/h4-7,11,15H,8-10H2,1-3H3,(H,18,21). The molecule has 1 heterocycles. The smallest absolute Gasteiger partial charge is 0.228 e. The summed E-state index contributed by atoms with van der Waals surface area (Å²) in [5.74, 6) is 0.329. The minimum atomic E-state index is -0.0112. The average Bonchev–Trinajstić information content (AvgIpc) is 2.78. The first-order chi connectivity index (χ1) is 10.8. The SMILES string of the molecule is CC(=O)SC1CC(=O)N(c2ccc(NC(=O)CC(C)C)cc2)C1. The molecule has 0 saturated carbocycles. The second-order valence-electron chi connectivity index (χ2n) is 6.13. The third-order valence-electron chi connectivity index (χ3n) is 3.48. The predicted molar refractivity (Wildman–Crippen MR) is 93.6 cm³/mol. The fraction of sp³-hybridized carbons (Fsp3) is 0.471. The number of carbonyl (C=O) groups is 3. The molecule has 1 fully saturated rings. The Balaban J connectivity index is 1.98. The Morgan fingerprint density at radius 2 is 1.96 bits per heavy atom. The lowest BCUT2D eigenvalue weighted by molar-refractivity contribution is -0.117. The van der Waals surface area contributed by atoms with Gasteiger partial charge in [0.2, 0.25) is 11.8 Å². The Labute approximate surface area is 140 Å². The minimum Gasteiger partial charge on any atom is -0.326 e. The van der Waals surface area contributed by atoms with E-state index in [4.69, 9.17) is 0 Å². The summed E-state index contributed by atoms with van der Waals surface area (Å²) in [6.07, 6.45) is 0.868. The highest BCUT2D eigenvalue weighted by atomic mass is 32.2. The van der Waals surface area contributed by atoms with E-state index < -0.39 is 0 Å². The molecule has 1 aliphatic heterocycles. The van der Waals surface area contributed by atoms with Crippen LogP contribution in [0, 0.1) is 5.92 Å². The van der Waals surface area contributed by atoms with E-state index in [1.54, 1.807) is 17.0 Å². The molecule has 6 heteroatoms. The zero-order valence-electron chi connectivity index (χ0n) is 13.7. The lowest BCUT2D eigenvalue weighted by atomic mass is 10.1. The number of rotatable bonds is 5. The van der Waals surface area contributed by atoms with Crippen molar-refractivity contribution in [1.29, 1.82) is 0 Å². The molecule has 0 spiro atoms. The van der Waals surface area contributed by atoms with Crippen LogP contribution in [0.25, 0.3) is 0 Å². The summed E-state index contributed by atoms with van der Waals surface area (Å²) in [4.78, 5) is 36.7. The predicted octanol–water partition coefficient (Wildman–Crippen LogP) is 3.06. The third-order valence-corrected chi connectivity index (χ3v) is 4.46. The Hall–Kier alpha value is -1.82. The maximum absolute atomic E-state index is 12.1. The molecule has 5 nitrogen and oxygen atoms in total. The third kappa shape index (κ3) is 5.10. The maximum Gasteiger partial charge on any atom is 0.228 e. The van der Waals surface area contributed by atoms with E-state index in [9.17, 15) is 14.4 Å². The summed E-state index contributed by atoms with van der Waals surface area (Å²) in [5.41, 5.74) is 1.52. The van der Waals surface area contributed by atoms with Crippen LogP contribution in [0.1, 0.15) is 33.6 Å². The second-order valence-corrected chi connectivity index (χ2v) is 7.61. The molecule has 1 aromatic rings. The molecule has 0 aromatic heterocycles. The van der Waals surface area contributed by atoms with E-state index in [0.29, 0.717) is 25.3 Å². The van der Waals surface area contributed by atoms with Crippen molar-refractivity contribution in [2.45, 2.75) is 38.9 Å². The highest BCUT2D eigenvalue weighted by molar-refractivity contribution is 8.14. The molecule has 23 heavy (non-hydrogen) atoms. The van der Waals surface area contributed by atoms with Gasteiger partial charge >= 0.3 is 0 Å². The van der Waals surface area contributed by atoms with Gasteiger partial charge in [0.15, 0.2) is 5.12 Å². The molecular weight excluding hydrogens is 312 g/mol. The van der Waals surface area contributed by atoms with Gasteiger partial charge in [-0.05, 0) is 30.2 Å². The summed E-state index contributed by atoms with van der Waals surface area (Å²) in [6.45, 7) is 6.06. The molecule has 1 atom stereocenters. The molecule has 124 valence electrons. The van der Waals surface area contributed by atoms with Crippen LogP contribution in [0.2, 0.25) is 0 Å². The van der Waals surface area contributed by atoms with Gasteiger partial charge in [0.05, 0.1) is 0 Å². The highest BCUT2D eigenvalue weighted by Gasteiger charge is 2.31. The van der Waals surface area contributed by atoms with Crippen molar-refractivity contribution in [1.82, 2.24) is 0 Å². The van der Waals surface area contributed by atoms with E-state index in [1.807, 2.05) is 26.0 Å². The molecule has 1 N–H and O–H groups in total. The Morgan fingerprint density at radius 3 is 2.52 bits per heavy atom. The van der Waals surface area contributed by atoms with Crippen LogP contribution < -0.4 is 10.2 Å². The Bertz CT molecular complexity index is 598. The number of hydrogen-bond acceptors (Lipinski definition) is 4. The molecule has 0 bridgehead atoms. The number of amides is 2. The van der Waals surface area contributed by atoms with Gasteiger partial charge in [-0.1, -0.05) is 25.6 Å². The van der Waals surface area contributed by atoms with Crippen molar-refractivity contribution in [3.05, 3.63) is 24.3 Å². The van der Waals surface area contributed by atoms with E-state index in [-0.39, 0.29) is 22.2 Å². The van der Waals surface area contributed by atoms with Crippen LogP contribution in [-0.2, 0) is 14.4 Å². The van der Waals surface area contributed by atoms with Gasteiger partial charge in [0.25, 0.3) is 0 Å². The van der Waals surface area contributed by atoms with Crippen molar-refractivity contribution in [3.8, 4) is 0 Å². The van der Waals surface area contributed by atoms with Gasteiger partial charge in [0.1, 0.15) is 0 Å². The number of anilines is 2. The van der Waals surface area contributed by atoms with Crippen molar-refractivity contribution in [2.24, 2.45) is 5.92 Å². The van der Waals surface area contributed by atoms with E-state index in [2.05, 4.69) is 5.32 Å². The van der Waals surface area contributed by atoms with Crippen molar-refractivity contribution in [2.75, 3.05) is 16.8 Å². The van der Waals surface area contributed by atoms with Gasteiger partial charge < -0.3 is 10.2 Å². The lowest BCUT2D eigenvalue weighted by Crippen LogP contribution is -2.24. The van der Waals surface area contributed by atoms with Crippen molar-refractivity contribution in [3.63, 3.8) is 0 Å². The zero-order valence-corrected chi connectivity index (χ0v) is 14.5. The monoisotopic (exact) mass is 334 g/mol. The van der Waals surface area contributed by atoms with Crippen LogP contribution in [0.5, 0.6) is 0 Å². The molecular formula is C17H22N2O3S. The summed E-state index contributed by atoms with van der Waals surface area (Å²) in [5, 5.41) is 2.90. The Morgan fingerprint density at radius 1 is 1.30 bits per heavy atom. The van der Waals surface area contributed by atoms with Crippen LogP contribution in [-0.4, -0.2) is 28.7 Å². The molecule has 1 aliphatic rings. The Kier molecular flexibility index (Phi) is 5.82. The first-order valence-corrected chi connectivity index (χ1v) is 8.60. The van der Waals surface area contributed by atoms with Gasteiger partial charge in [-0.25, -0.2) is 0 Å². The molecule has 2 amide bonds. The van der Waals surface area contributed by atoms with Crippen LogP contribution in [0.3, 0.4) is 0 Å². The molecule has 0 aliphatic carbocycles. The van der Waals surface area contributed by atoms with Gasteiger partial charge in [-0.3, -0.25) is 14.4 Å². The summed E-state index contributed by atoms with van der Waals surface area (Å²) >= 11 is 1.22. The van der Waals surface area contributed by atoms with Crippen LogP contribution in [0.4, 0.5) is 11.4 Å². The first-order valence-electron chi connectivity index (χ1n) is 7.72. The summed E-state index contributed by atoms with van der Waals surface area (Å²) < 4.78 is 0.